The van der Waals surface area contributed by atoms with Crippen molar-refractivity contribution >= 4 is 5.65 Å². The SMILES string of the molecule is c1cc2ncc(CC3CNC3)cn2n1. The first kappa shape index (κ1) is 7.94. The zero-order chi connectivity index (χ0) is 9.38. The van der Waals surface area contributed by atoms with Gasteiger partial charge in [-0.25, -0.2) is 9.50 Å². The van der Waals surface area contributed by atoms with Gasteiger partial charge in [0.1, 0.15) is 0 Å². The van der Waals surface area contributed by atoms with Crippen LogP contribution in [0.3, 0.4) is 0 Å². The number of rotatable bonds is 2. The Morgan fingerprint density at radius 3 is 3.21 bits per heavy atom. The van der Waals surface area contributed by atoms with Gasteiger partial charge in [0.25, 0.3) is 0 Å². The van der Waals surface area contributed by atoms with Gasteiger partial charge in [-0.15, -0.1) is 0 Å². The van der Waals surface area contributed by atoms with Gasteiger partial charge in [-0.05, 0) is 31.0 Å². The van der Waals surface area contributed by atoms with Gasteiger partial charge in [0.2, 0.25) is 0 Å². The number of hydrogen-bond donors (Lipinski definition) is 1. The molecular weight excluding hydrogens is 176 g/mol. The largest absolute Gasteiger partial charge is 0.316 e. The van der Waals surface area contributed by atoms with Crippen LogP contribution < -0.4 is 5.32 Å². The third-order valence-electron chi connectivity index (χ3n) is 2.69. The Kier molecular flexibility index (Phi) is 1.73. The number of nitrogens with one attached hydrogen (secondary N) is 1. The molecule has 3 heterocycles. The van der Waals surface area contributed by atoms with Gasteiger partial charge >= 0.3 is 0 Å². The molecule has 0 saturated carbocycles. The van der Waals surface area contributed by atoms with Crippen LogP contribution in [0.5, 0.6) is 0 Å². The van der Waals surface area contributed by atoms with E-state index in [4.69, 9.17) is 0 Å². The third kappa shape index (κ3) is 1.28. The maximum absolute atomic E-state index is 4.33. The molecule has 0 unspecified atom stereocenters. The molecule has 4 nitrogen and oxygen atoms in total. The van der Waals surface area contributed by atoms with Gasteiger partial charge in [-0.3, -0.25) is 0 Å². The number of nitrogens with zero attached hydrogens (tertiary/aromatic N) is 3. The lowest BCUT2D eigenvalue weighted by Crippen LogP contribution is -2.43. The van der Waals surface area contributed by atoms with Crippen molar-refractivity contribution in [2.24, 2.45) is 5.92 Å². The van der Waals surface area contributed by atoms with Crippen molar-refractivity contribution in [3.63, 3.8) is 0 Å². The molecule has 0 atom stereocenters. The maximum Gasteiger partial charge on any atom is 0.154 e. The first-order chi connectivity index (χ1) is 6.92. The standard InChI is InChI=1S/C10H12N4/c1-2-13-14-7-9(6-12-10(1)14)3-8-4-11-5-8/h1-2,6-8,11H,3-5H2. The summed E-state index contributed by atoms with van der Waals surface area (Å²) in [4.78, 5) is 4.33. The molecule has 4 heteroatoms. The fourth-order valence-electron chi connectivity index (χ4n) is 1.78. The summed E-state index contributed by atoms with van der Waals surface area (Å²) in [6.45, 7) is 2.27. The van der Waals surface area contributed by atoms with Crippen molar-refractivity contribution < 1.29 is 0 Å². The van der Waals surface area contributed by atoms with Crippen LogP contribution in [0.4, 0.5) is 0 Å². The Bertz CT molecular complexity index is 444. The molecule has 1 aliphatic heterocycles. The van der Waals surface area contributed by atoms with Crippen molar-refractivity contribution in [3.05, 3.63) is 30.2 Å². The fraction of sp³-hybridized carbons (Fsp3) is 0.400. The monoisotopic (exact) mass is 188 g/mol. The van der Waals surface area contributed by atoms with E-state index in [9.17, 15) is 0 Å². The molecule has 1 fully saturated rings. The van der Waals surface area contributed by atoms with Crippen LogP contribution in [-0.4, -0.2) is 27.7 Å². The quantitative estimate of drug-likeness (QED) is 0.746. The minimum absolute atomic E-state index is 0.782. The van der Waals surface area contributed by atoms with E-state index in [-0.39, 0.29) is 0 Å². The van der Waals surface area contributed by atoms with Gasteiger partial charge in [-0.1, -0.05) is 0 Å². The molecule has 0 aromatic carbocycles. The van der Waals surface area contributed by atoms with Crippen molar-refractivity contribution in [3.8, 4) is 0 Å². The second-order valence-electron chi connectivity index (χ2n) is 3.82. The maximum atomic E-state index is 4.33. The first-order valence-corrected chi connectivity index (χ1v) is 4.91. The van der Waals surface area contributed by atoms with Crippen molar-refractivity contribution in [2.45, 2.75) is 6.42 Å². The molecule has 1 aliphatic rings. The molecule has 0 aliphatic carbocycles. The summed E-state index contributed by atoms with van der Waals surface area (Å²) in [6.07, 6.45) is 6.91. The Balaban J connectivity index is 1.88. The minimum atomic E-state index is 0.782. The topological polar surface area (TPSA) is 42.2 Å². The molecule has 2 aromatic heterocycles. The van der Waals surface area contributed by atoms with Crippen LogP contribution in [0.1, 0.15) is 5.56 Å². The molecular formula is C10H12N4. The van der Waals surface area contributed by atoms with Crippen LogP contribution in [0.15, 0.2) is 24.7 Å². The minimum Gasteiger partial charge on any atom is -0.316 e. The van der Waals surface area contributed by atoms with E-state index in [0.29, 0.717) is 0 Å². The summed E-state index contributed by atoms with van der Waals surface area (Å²) in [5.74, 6) is 0.782. The molecule has 0 spiro atoms. The van der Waals surface area contributed by atoms with Crippen LogP contribution in [0.25, 0.3) is 5.65 Å². The Morgan fingerprint density at radius 2 is 2.43 bits per heavy atom. The molecule has 72 valence electrons. The number of hydrogen-bond acceptors (Lipinski definition) is 3. The molecule has 0 radical (unpaired) electrons. The average Bonchev–Trinajstić information content (AvgIpc) is 2.58. The van der Waals surface area contributed by atoms with Crippen LogP contribution in [-0.2, 0) is 6.42 Å². The molecule has 2 aromatic rings. The van der Waals surface area contributed by atoms with Gasteiger partial charge in [0, 0.05) is 18.5 Å². The van der Waals surface area contributed by atoms with Crippen molar-refractivity contribution in [2.75, 3.05) is 13.1 Å². The molecule has 1 N–H and O–H groups in total. The Labute approximate surface area is 82.0 Å². The van der Waals surface area contributed by atoms with E-state index < -0.39 is 0 Å². The Morgan fingerprint density at radius 1 is 1.50 bits per heavy atom. The molecule has 14 heavy (non-hydrogen) atoms. The van der Waals surface area contributed by atoms with Gasteiger partial charge < -0.3 is 5.32 Å². The van der Waals surface area contributed by atoms with Crippen LogP contribution >= 0.6 is 0 Å². The van der Waals surface area contributed by atoms with Gasteiger partial charge in [0.05, 0.1) is 6.20 Å². The molecule has 3 rings (SSSR count). The highest BCUT2D eigenvalue weighted by atomic mass is 15.2. The van der Waals surface area contributed by atoms with E-state index in [1.165, 1.54) is 5.56 Å². The normalized spacial score (nSPS) is 17.1. The second-order valence-corrected chi connectivity index (χ2v) is 3.82. The predicted octanol–water partition coefficient (Wildman–Crippen LogP) is 0.491. The van der Waals surface area contributed by atoms with E-state index in [2.05, 4.69) is 21.6 Å². The number of aromatic nitrogens is 3. The highest BCUT2D eigenvalue weighted by molar-refractivity contribution is 5.35. The summed E-state index contributed by atoms with van der Waals surface area (Å²) in [7, 11) is 0. The smallest absolute Gasteiger partial charge is 0.154 e. The lowest BCUT2D eigenvalue weighted by molar-refractivity contribution is 0.346. The predicted molar refractivity (Wildman–Crippen MR) is 53.1 cm³/mol. The lowest BCUT2D eigenvalue weighted by atomic mass is 9.96. The fourth-order valence-corrected chi connectivity index (χ4v) is 1.78. The zero-order valence-corrected chi connectivity index (χ0v) is 7.85. The van der Waals surface area contributed by atoms with Crippen LogP contribution in [0, 0.1) is 5.92 Å². The first-order valence-electron chi connectivity index (χ1n) is 4.91. The van der Waals surface area contributed by atoms with Gasteiger partial charge in [0.15, 0.2) is 5.65 Å². The zero-order valence-electron chi connectivity index (χ0n) is 7.85. The lowest BCUT2D eigenvalue weighted by Gasteiger charge is -2.26. The Hall–Kier alpha value is -1.42. The van der Waals surface area contributed by atoms with Crippen LogP contribution in [0.2, 0.25) is 0 Å². The summed E-state index contributed by atoms with van der Waals surface area (Å²) >= 11 is 0. The third-order valence-corrected chi connectivity index (χ3v) is 2.69. The summed E-state index contributed by atoms with van der Waals surface area (Å²) in [5, 5.41) is 7.44. The molecule has 0 amide bonds. The van der Waals surface area contributed by atoms with Gasteiger partial charge in [-0.2, -0.15) is 5.10 Å². The summed E-state index contributed by atoms with van der Waals surface area (Å²) in [5.41, 5.74) is 2.19. The van der Waals surface area contributed by atoms with E-state index in [0.717, 1.165) is 31.1 Å². The van der Waals surface area contributed by atoms with E-state index in [1.807, 2.05) is 16.8 Å². The van der Waals surface area contributed by atoms with Crippen molar-refractivity contribution in [1.82, 2.24) is 19.9 Å². The molecule has 1 saturated heterocycles. The van der Waals surface area contributed by atoms with Crippen molar-refractivity contribution in [1.29, 1.82) is 0 Å². The second kappa shape index (κ2) is 3.06. The van der Waals surface area contributed by atoms with E-state index in [1.54, 1.807) is 6.20 Å². The highest BCUT2D eigenvalue weighted by Crippen LogP contribution is 2.11. The average molecular weight is 188 g/mol. The summed E-state index contributed by atoms with van der Waals surface area (Å²) in [6, 6.07) is 1.91. The van der Waals surface area contributed by atoms with E-state index >= 15 is 0 Å². The highest BCUT2D eigenvalue weighted by Gasteiger charge is 2.17. The summed E-state index contributed by atoms with van der Waals surface area (Å²) < 4.78 is 1.83. The molecule has 0 bridgehead atoms. The number of fused-ring (bicyclic) bond motifs is 1.